The lowest BCUT2D eigenvalue weighted by atomic mass is 9.76. The van der Waals surface area contributed by atoms with Crippen molar-refractivity contribution in [2.45, 2.75) is 43.4 Å². The molecule has 2 aromatic carbocycles. The molecule has 34 heavy (non-hydrogen) atoms. The van der Waals surface area contributed by atoms with Crippen molar-refractivity contribution in [3.8, 4) is 5.75 Å². The quantitative estimate of drug-likeness (QED) is 0.496. The molecule has 2 saturated heterocycles. The van der Waals surface area contributed by atoms with Gasteiger partial charge in [0.15, 0.2) is 0 Å². The van der Waals surface area contributed by atoms with Crippen LogP contribution >= 0.6 is 23.2 Å². The fraction of sp³-hybridized carbons (Fsp3) is 0.480. The minimum absolute atomic E-state index is 0.0856. The highest BCUT2D eigenvalue weighted by Gasteiger charge is 2.41. The van der Waals surface area contributed by atoms with Gasteiger partial charge in [-0.15, -0.1) is 0 Å². The molecule has 0 saturated carbocycles. The molecule has 0 atom stereocenters. The molecule has 0 aliphatic carbocycles. The van der Waals surface area contributed by atoms with Gasteiger partial charge in [0.25, 0.3) is 0 Å². The first-order chi connectivity index (χ1) is 16.3. The van der Waals surface area contributed by atoms with Gasteiger partial charge in [0.1, 0.15) is 5.75 Å². The summed E-state index contributed by atoms with van der Waals surface area (Å²) in [4.78, 5) is 15.2. The molecule has 2 aromatic rings. The molecular formula is C25H30Cl2N2O4S. The fourth-order valence-corrected chi connectivity index (χ4v) is 6.90. The van der Waals surface area contributed by atoms with Crippen LogP contribution in [-0.2, 0) is 14.8 Å². The van der Waals surface area contributed by atoms with Crippen LogP contribution in [0.25, 0.3) is 0 Å². The summed E-state index contributed by atoms with van der Waals surface area (Å²) in [6.07, 6.45) is 4.66. The van der Waals surface area contributed by atoms with E-state index in [-0.39, 0.29) is 20.8 Å². The van der Waals surface area contributed by atoms with Crippen molar-refractivity contribution in [2.24, 2.45) is 5.41 Å². The van der Waals surface area contributed by atoms with Crippen LogP contribution < -0.4 is 4.74 Å². The van der Waals surface area contributed by atoms with Gasteiger partial charge in [-0.1, -0.05) is 41.4 Å². The van der Waals surface area contributed by atoms with E-state index in [1.807, 2.05) is 35.2 Å². The van der Waals surface area contributed by atoms with Crippen molar-refractivity contribution in [2.75, 3.05) is 32.8 Å². The van der Waals surface area contributed by atoms with E-state index in [2.05, 4.69) is 0 Å². The predicted octanol–water partition coefficient (Wildman–Crippen LogP) is 5.25. The summed E-state index contributed by atoms with van der Waals surface area (Å²) in [5.74, 6) is 0.880. The van der Waals surface area contributed by atoms with Gasteiger partial charge in [0, 0.05) is 48.1 Å². The molecule has 2 heterocycles. The molecule has 0 unspecified atom stereocenters. The summed E-state index contributed by atoms with van der Waals surface area (Å²) >= 11 is 12.1. The van der Waals surface area contributed by atoms with Crippen LogP contribution in [0.4, 0.5) is 0 Å². The molecule has 0 aromatic heterocycles. The molecular weight excluding hydrogens is 495 g/mol. The molecule has 184 valence electrons. The Bertz CT molecular complexity index is 1080. The first-order valence-corrected chi connectivity index (χ1v) is 13.9. The first-order valence-electron chi connectivity index (χ1n) is 11.7. The largest absolute Gasteiger partial charge is 0.493 e. The summed E-state index contributed by atoms with van der Waals surface area (Å²) in [5.41, 5.74) is -0.428. The average molecular weight is 525 g/mol. The number of ether oxygens (including phenoxy) is 1. The third-order valence-electron chi connectivity index (χ3n) is 6.78. The van der Waals surface area contributed by atoms with Gasteiger partial charge in [-0.2, -0.15) is 4.31 Å². The first kappa shape index (κ1) is 25.3. The van der Waals surface area contributed by atoms with E-state index in [0.717, 1.165) is 38.1 Å². The molecule has 0 N–H and O–H groups in total. The Kier molecular flexibility index (Phi) is 8.08. The number of benzene rings is 2. The number of likely N-dealkylation sites (tertiary alicyclic amines) is 1. The zero-order valence-electron chi connectivity index (χ0n) is 19.1. The molecule has 0 radical (unpaired) electrons. The lowest BCUT2D eigenvalue weighted by Gasteiger charge is -2.42. The Morgan fingerprint density at radius 3 is 2.15 bits per heavy atom. The number of rotatable bonds is 7. The van der Waals surface area contributed by atoms with E-state index in [9.17, 15) is 13.2 Å². The van der Waals surface area contributed by atoms with E-state index in [0.29, 0.717) is 39.0 Å². The van der Waals surface area contributed by atoms with Crippen molar-refractivity contribution in [1.82, 2.24) is 9.21 Å². The number of carbonyl (C=O) groups is 1. The number of para-hydroxylation sites is 1. The summed E-state index contributed by atoms with van der Waals surface area (Å²) in [5, 5.41) is 0.557. The molecule has 0 spiro atoms. The summed E-state index contributed by atoms with van der Waals surface area (Å²) in [6.45, 7) is 2.57. The number of halogens is 2. The van der Waals surface area contributed by atoms with Crippen LogP contribution in [0.1, 0.15) is 38.5 Å². The second-order valence-electron chi connectivity index (χ2n) is 9.23. The second-order valence-corrected chi connectivity index (χ2v) is 12.0. The van der Waals surface area contributed by atoms with Gasteiger partial charge in [-0.05, 0) is 62.4 Å². The Balaban J connectivity index is 1.50. The Morgan fingerprint density at radius 1 is 0.912 bits per heavy atom. The van der Waals surface area contributed by atoms with E-state index in [1.54, 1.807) is 0 Å². The smallest absolute Gasteiger partial charge is 0.243 e. The van der Waals surface area contributed by atoms with Crippen LogP contribution in [0.5, 0.6) is 5.75 Å². The maximum atomic E-state index is 13.3. The molecule has 2 aliphatic rings. The maximum absolute atomic E-state index is 13.3. The minimum atomic E-state index is -3.74. The summed E-state index contributed by atoms with van der Waals surface area (Å²) in [7, 11) is -3.74. The zero-order chi connectivity index (χ0) is 24.2. The van der Waals surface area contributed by atoms with Gasteiger partial charge >= 0.3 is 0 Å². The number of hydrogen-bond acceptors (Lipinski definition) is 4. The Labute approximate surface area is 211 Å². The van der Waals surface area contributed by atoms with E-state index in [1.165, 1.54) is 22.5 Å². The lowest BCUT2D eigenvalue weighted by Crippen LogP contribution is -2.48. The maximum Gasteiger partial charge on any atom is 0.243 e. The molecule has 2 fully saturated rings. The van der Waals surface area contributed by atoms with E-state index < -0.39 is 15.4 Å². The Hall–Kier alpha value is -1.80. The number of hydrogen-bond donors (Lipinski definition) is 0. The topological polar surface area (TPSA) is 66.9 Å². The lowest BCUT2D eigenvalue weighted by molar-refractivity contribution is -0.136. The predicted molar refractivity (Wildman–Crippen MR) is 134 cm³/mol. The Morgan fingerprint density at radius 2 is 1.53 bits per heavy atom. The van der Waals surface area contributed by atoms with Crippen molar-refractivity contribution < 1.29 is 17.9 Å². The number of sulfonamides is 1. The van der Waals surface area contributed by atoms with Crippen LogP contribution in [-0.4, -0.2) is 56.3 Å². The number of amides is 1. The van der Waals surface area contributed by atoms with Gasteiger partial charge in [-0.3, -0.25) is 4.79 Å². The highest BCUT2D eigenvalue weighted by molar-refractivity contribution is 7.89. The van der Waals surface area contributed by atoms with Crippen LogP contribution in [0.2, 0.25) is 10.0 Å². The molecule has 4 rings (SSSR count). The van der Waals surface area contributed by atoms with Gasteiger partial charge in [0.05, 0.1) is 11.5 Å². The number of nitrogens with zero attached hydrogens (tertiary/aromatic N) is 2. The van der Waals surface area contributed by atoms with Gasteiger partial charge < -0.3 is 9.64 Å². The fourth-order valence-electron chi connectivity index (χ4n) is 4.73. The number of carbonyl (C=O) groups excluding carboxylic acids is 1. The highest BCUT2D eigenvalue weighted by Crippen LogP contribution is 2.39. The summed E-state index contributed by atoms with van der Waals surface area (Å²) < 4.78 is 34.1. The van der Waals surface area contributed by atoms with Crippen molar-refractivity contribution in [1.29, 1.82) is 0 Å². The van der Waals surface area contributed by atoms with E-state index in [4.69, 9.17) is 27.9 Å². The third-order valence-corrected chi connectivity index (χ3v) is 9.09. The normalized spacial score (nSPS) is 19.1. The third kappa shape index (κ3) is 6.06. The molecule has 9 heteroatoms. The summed E-state index contributed by atoms with van der Waals surface area (Å²) in [6, 6.07) is 13.9. The second kappa shape index (κ2) is 10.9. The van der Waals surface area contributed by atoms with Gasteiger partial charge in [0.2, 0.25) is 15.9 Å². The van der Waals surface area contributed by atoms with Crippen molar-refractivity contribution in [3.05, 3.63) is 58.6 Å². The highest BCUT2D eigenvalue weighted by atomic mass is 35.5. The van der Waals surface area contributed by atoms with Gasteiger partial charge in [-0.25, -0.2) is 8.42 Å². The van der Waals surface area contributed by atoms with Crippen molar-refractivity contribution >= 4 is 39.1 Å². The number of piperidine rings is 2. The molecule has 0 bridgehead atoms. The van der Waals surface area contributed by atoms with Crippen molar-refractivity contribution in [3.63, 3.8) is 0 Å². The minimum Gasteiger partial charge on any atom is -0.493 e. The van der Waals surface area contributed by atoms with Crippen LogP contribution in [0.15, 0.2) is 53.4 Å². The molecule has 1 amide bonds. The van der Waals surface area contributed by atoms with Crippen LogP contribution in [0, 0.1) is 5.41 Å². The van der Waals surface area contributed by atoms with E-state index >= 15 is 0 Å². The molecule has 6 nitrogen and oxygen atoms in total. The zero-order valence-corrected chi connectivity index (χ0v) is 21.4. The standard InChI is InChI=1S/C25H30Cl2N2O4S/c26-20-15-21(27)17-23(16-20)34(31,32)29-13-9-25(10-14-29,19-33-22-7-3-1-4-8-22)18-24(30)28-11-5-2-6-12-28/h1,3-4,7-8,15-17H,2,5-6,9-14,18-19H2. The van der Waals surface area contributed by atoms with Crippen LogP contribution in [0.3, 0.4) is 0 Å². The molecule has 2 aliphatic heterocycles. The average Bonchev–Trinajstić information content (AvgIpc) is 2.84. The SMILES string of the molecule is O=C(CC1(COc2ccccc2)CCN(S(=O)(=O)c2cc(Cl)cc(Cl)c2)CC1)N1CCCCC1. The monoisotopic (exact) mass is 524 g/mol.